The number of fused-ring (bicyclic) bond motifs is 2. The molecule has 0 aromatic heterocycles. The summed E-state index contributed by atoms with van der Waals surface area (Å²) < 4.78 is 24.1. The van der Waals surface area contributed by atoms with Crippen LogP contribution >= 0.6 is 0 Å². The first-order valence-corrected chi connectivity index (χ1v) is 25.6. The number of rotatable bonds is 6. The SMILES string of the molecule is CC(C)(C)OC(=O)N[C@@H]1C[C@H](O[Si](C)(C)C(C)(C)C)C[C@@H]2C(=O)CC(=O)[C@@H]21.CC(C)(C)OC(=O)N[C@@H]1C[C@H](O[Si](C)(C)C(C)(C)C)C[C@@H]2CCC[C@@H]21. The number of alkyl carbamates (subject to hydrolysis) is 2. The molecule has 0 unspecified atom stereocenters. The molecule has 0 spiro atoms. The number of nitrogens with one attached hydrogen (secondary N) is 2. The average Bonchev–Trinajstić information content (AvgIpc) is 3.49. The van der Waals surface area contributed by atoms with Gasteiger partial charge in [-0.05, 0) is 128 Å². The van der Waals surface area contributed by atoms with E-state index in [1.807, 2.05) is 20.8 Å². The second kappa shape index (κ2) is 16.1. The Morgan fingerprint density at radius 3 is 1.52 bits per heavy atom. The van der Waals surface area contributed by atoms with Gasteiger partial charge in [-0.3, -0.25) is 9.59 Å². The minimum atomic E-state index is -2.02. The molecule has 0 bridgehead atoms. The smallest absolute Gasteiger partial charge is 0.407 e. The van der Waals surface area contributed by atoms with Crippen LogP contribution in [0.2, 0.25) is 36.3 Å². The van der Waals surface area contributed by atoms with Gasteiger partial charge in [0, 0.05) is 36.1 Å². The van der Waals surface area contributed by atoms with Crippen molar-refractivity contribution in [1.82, 2.24) is 10.6 Å². The molecule has 12 heteroatoms. The van der Waals surface area contributed by atoms with Crippen LogP contribution < -0.4 is 10.6 Å². The van der Waals surface area contributed by atoms with E-state index in [2.05, 4.69) is 78.4 Å². The first-order chi connectivity index (χ1) is 23.4. The molecule has 4 fully saturated rings. The molecule has 52 heavy (non-hydrogen) atoms. The molecular weight excluding hydrogens is 693 g/mol. The molecule has 0 aromatic rings. The van der Waals surface area contributed by atoms with Crippen LogP contribution in [0.25, 0.3) is 0 Å². The van der Waals surface area contributed by atoms with Gasteiger partial charge in [0.25, 0.3) is 0 Å². The molecule has 4 aliphatic rings. The zero-order valence-corrected chi connectivity index (χ0v) is 37.5. The van der Waals surface area contributed by atoms with Crippen LogP contribution in [0.4, 0.5) is 9.59 Å². The van der Waals surface area contributed by atoms with E-state index in [0.29, 0.717) is 24.7 Å². The van der Waals surface area contributed by atoms with Gasteiger partial charge >= 0.3 is 12.2 Å². The van der Waals surface area contributed by atoms with Crippen molar-refractivity contribution in [2.24, 2.45) is 23.7 Å². The van der Waals surface area contributed by atoms with Gasteiger partial charge in [-0.25, -0.2) is 9.59 Å². The van der Waals surface area contributed by atoms with Crippen LogP contribution in [0.1, 0.15) is 134 Å². The summed E-state index contributed by atoms with van der Waals surface area (Å²) in [6.45, 7) is 33.5. The molecule has 2 N–H and O–H groups in total. The predicted molar refractivity (Wildman–Crippen MR) is 211 cm³/mol. The largest absolute Gasteiger partial charge is 0.444 e. The minimum Gasteiger partial charge on any atom is -0.444 e. The molecule has 300 valence electrons. The fourth-order valence-corrected chi connectivity index (χ4v) is 10.6. The third-order valence-corrected chi connectivity index (χ3v) is 21.4. The van der Waals surface area contributed by atoms with E-state index < -0.39 is 45.9 Å². The van der Waals surface area contributed by atoms with Crippen molar-refractivity contribution in [1.29, 1.82) is 0 Å². The van der Waals surface area contributed by atoms with Gasteiger partial charge in [0.2, 0.25) is 0 Å². The Morgan fingerprint density at radius 1 is 0.615 bits per heavy atom. The summed E-state index contributed by atoms with van der Waals surface area (Å²) >= 11 is 0. The van der Waals surface area contributed by atoms with Crippen LogP contribution in [0, 0.1) is 23.7 Å². The first-order valence-electron chi connectivity index (χ1n) is 19.8. The Labute approximate surface area is 317 Å². The zero-order chi connectivity index (χ0) is 39.8. The highest BCUT2D eigenvalue weighted by molar-refractivity contribution is 6.74. The maximum absolute atomic E-state index is 12.4. The van der Waals surface area contributed by atoms with Crippen molar-refractivity contribution in [3.8, 4) is 0 Å². The van der Waals surface area contributed by atoms with Crippen molar-refractivity contribution in [3.05, 3.63) is 0 Å². The third kappa shape index (κ3) is 12.1. The molecule has 0 aliphatic heterocycles. The van der Waals surface area contributed by atoms with Crippen molar-refractivity contribution >= 4 is 40.4 Å². The van der Waals surface area contributed by atoms with Gasteiger partial charge < -0.3 is 29.0 Å². The Morgan fingerprint density at radius 2 is 1.06 bits per heavy atom. The predicted octanol–water partition coefficient (Wildman–Crippen LogP) is 9.32. The lowest BCUT2D eigenvalue weighted by Crippen LogP contribution is -2.54. The van der Waals surface area contributed by atoms with Gasteiger partial charge in [-0.15, -0.1) is 0 Å². The molecule has 10 nitrogen and oxygen atoms in total. The maximum atomic E-state index is 12.4. The van der Waals surface area contributed by atoms with E-state index in [1.165, 1.54) is 19.3 Å². The summed E-state index contributed by atoms with van der Waals surface area (Å²) in [4.78, 5) is 49.4. The minimum absolute atomic E-state index is 0.0236. The zero-order valence-electron chi connectivity index (χ0n) is 35.5. The Balaban J connectivity index is 0.000000281. The number of ether oxygens (including phenoxy) is 2. The molecule has 4 rings (SSSR count). The highest BCUT2D eigenvalue weighted by Gasteiger charge is 2.52. The van der Waals surface area contributed by atoms with Crippen molar-refractivity contribution in [3.63, 3.8) is 0 Å². The van der Waals surface area contributed by atoms with E-state index in [-0.39, 0.29) is 58.3 Å². The van der Waals surface area contributed by atoms with Crippen LogP contribution in [-0.2, 0) is 27.9 Å². The molecule has 8 atom stereocenters. The third-order valence-electron chi connectivity index (χ3n) is 12.3. The second-order valence-electron chi connectivity index (χ2n) is 21.0. The number of carbonyl (C=O) groups is 4. The molecule has 0 radical (unpaired) electrons. The van der Waals surface area contributed by atoms with Crippen LogP contribution in [0.5, 0.6) is 0 Å². The van der Waals surface area contributed by atoms with Gasteiger partial charge in [0.05, 0.1) is 6.42 Å². The summed E-state index contributed by atoms with van der Waals surface area (Å²) in [6, 6.07) is -0.238. The van der Waals surface area contributed by atoms with E-state index in [9.17, 15) is 19.2 Å². The van der Waals surface area contributed by atoms with E-state index in [4.69, 9.17) is 18.3 Å². The number of hydrogen-bond donors (Lipinski definition) is 2. The maximum Gasteiger partial charge on any atom is 0.407 e. The molecule has 0 aromatic carbocycles. The van der Waals surface area contributed by atoms with Crippen LogP contribution in [-0.4, -0.2) is 75.9 Å². The lowest BCUT2D eigenvalue weighted by Gasteiger charge is -2.45. The van der Waals surface area contributed by atoms with E-state index >= 15 is 0 Å². The van der Waals surface area contributed by atoms with Gasteiger partial charge in [-0.2, -0.15) is 0 Å². The fraction of sp³-hybridized carbons (Fsp3) is 0.900. The summed E-state index contributed by atoms with van der Waals surface area (Å²) in [5.41, 5.74) is -1.07. The number of ketones is 2. The first kappa shape index (κ1) is 44.6. The fourth-order valence-electron chi connectivity index (χ4n) is 7.83. The molecular formula is C40H74N2O8Si2. The molecule has 0 saturated heterocycles. The van der Waals surface area contributed by atoms with Crippen LogP contribution in [0.15, 0.2) is 0 Å². The second-order valence-corrected chi connectivity index (χ2v) is 30.6. The monoisotopic (exact) mass is 766 g/mol. The molecule has 2 amide bonds. The van der Waals surface area contributed by atoms with Crippen molar-refractivity contribution < 1.29 is 37.5 Å². The number of hydrogen-bond acceptors (Lipinski definition) is 8. The molecule has 4 aliphatic carbocycles. The highest BCUT2D eigenvalue weighted by Crippen LogP contribution is 2.47. The highest BCUT2D eigenvalue weighted by atomic mass is 28.4. The van der Waals surface area contributed by atoms with Gasteiger partial charge in [0.15, 0.2) is 16.6 Å². The number of carbonyl (C=O) groups excluding carboxylic acids is 4. The van der Waals surface area contributed by atoms with Crippen LogP contribution in [0.3, 0.4) is 0 Å². The van der Waals surface area contributed by atoms with Crippen molar-refractivity contribution in [2.45, 2.75) is 206 Å². The van der Waals surface area contributed by atoms with Crippen molar-refractivity contribution in [2.75, 3.05) is 0 Å². The van der Waals surface area contributed by atoms with E-state index in [1.54, 1.807) is 20.8 Å². The summed E-state index contributed by atoms with van der Waals surface area (Å²) in [6.07, 6.45) is 6.21. The summed E-state index contributed by atoms with van der Waals surface area (Å²) in [7, 11) is -3.81. The lowest BCUT2D eigenvalue weighted by atomic mass is 9.76. The number of Topliss-reactive ketones (excluding diaryl/α,β-unsaturated/α-hetero) is 2. The number of amides is 2. The Hall–Kier alpha value is -1.77. The van der Waals surface area contributed by atoms with Gasteiger partial charge in [0.1, 0.15) is 22.8 Å². The van der Waals surface area contributed by atoms with E-state index in [0.717, 1.165) is 12.8 Å². The Bertz CT molecular complexity index is 1290. The Kier molecular flexibility index (Phi) is 13.9. The van der Waals surface area contributed by atoms with Gasteiger partial charge in [-0.1, -0.05) is 48.0 Å². The molecule has 4 saturated carbocycles. The molecule has 0 heterocycles. The topological polar surface area (TPSA) is 129 Å². The quantitative estimate of drug-likeness (QED) is 0.202. The summed E-state index contributed by atoms with van der Waals surface area (Å²) in [5, 5.41) is 6.29. The lowest BCUT2D eigenvalue weighted by molar-refractivity contribution is -0.123. The summed E-state index contributed by atoms with van der Waals surface area (Å²) in [5.74, 6) is 0.363. The average molecular weight is 767 g/mol. The standard InChI is InChI=1S/C20H35NO5Si.C20H39NO3Si/c1-19(2,3)25-18(24)21-14-10-12(26-27(7,8)20(4,5)6)9-13-15(22)11-16(23)17(13)14;1-19(2,3)23-18(22)21-17-13-15(12-14-10-9-11-16(14)17)24-25(7,8)20(4,5)6/h12-14,17H,9-11H2,1-8H3,(H,21,24);14-17H,9-13H2,1-8H3,(H,21,22)/t12-,13-,14-,17+;14-,15+,16-,17+/m10/s1. The normalized spacial score (nSPS) is 30.1.